The summed E-state index contributed by atoms with van der Waals surface area (Å²) in [5, 5.41) is 8.80. The van der Waals surface area contributed by atoms with Gasteiger partial charge in [0.2, 0.25) is 0 Å². The average molecular weight is 316 g/mol. The summed E-state index contributed by atoms with van der Waals surface area (Å²) in [5.41, 5.74) is 4.06. The maximum atomic E-state index is 12.4. The highest BCUT2D eigenvalue weighted by molar-refractivity contribution is 6.09. The maximum Gasteiger partial charge on any atom is 0.307 e. The van der Waals surface area contributed by atoms with Crippen LogP contribution < -0.4 is 0 Å². The first kappa shape index (κ1) is 15.7. The predicted molar refractivity (Wildman–Crippen MR) is 93.1 cm³/mol. The van der Waals surface area contributed by atoms with Gasteiger partial charge in [0.25, 0.3) is 0 Å². The summed E-state index contributed by atoms with van der Waals surface area (Å²) >= 11 is 0. The van der Waals surface area contributed by atoms with E-state index in [2.05, 4.69) is 0 Å². The molecular formula is C21H16O3. The van der Waals surface area contributed by atoms with E-state index in [0.717, 1.165) is 16.7 Å². The molecule has 0 aliphatic carbocycles. The van der Waals surface area contributed by atoms with Gasteiger partial charge >= 0.3 is 5.97 Å². The third kappa shape index (κ3) is 3.58. The van der Waals surface area contributed by atoms with Gasteiger partial charge in [0.05, 0.1) is 6.42 Å². The van der Waals surface area contributed by atoms with Crippen molar-refractivity contribution >= 4 is 11.8 Å². The third-order valence-corrected chi connectivity index (χ3v) is 3.83. The largest absolute Gasteiger partial charge is 0.481 e. The molecule has 0 fully saturated rings. The van der Waals surface area contributed by atoms with Crippen LogP contribution >= 0.6 is 0 Å². The number of carboxylic acid groups (broad SMARTS) is 1. The van der Waals surface area contributed by atoms with Crippen molar-refractivity contribution in [3.63, 3.8) is 0 Å². The number of carbonyl (C=O) groups excluding carboxylic acids is 1. The lowest BCUT2D eigenvalue weighted by molar-refractivity contribution is -0.136. The van der Waals surface area contributed by atoms with Gasteiger partial charge in [0, 0.05) is 11.1 Å². The Morgan fingerprint density at radius 2 is 1.17 bits per heavy atom. The van der Waals surface area contributed by atoms with E-state index in [-0.39, 0.29) is 12.2 Å². The summed E-state index contributed by atoms with van der Waals surface area (Å²) in [6.45, 7) is 0. The Morgan fingerprint density at radius 1 is 0.667 bits per heavy atom. The quantitative estimate of drug-likeness (QED) is 0.717. The smallest absolute Gasteiger partial charge is 0.307 e. The molecule has 3 heteroatoms. The molecule has 1 N–H and O–H groups in total. The minimum absolute atomic E-state index is 0.000967. The molecule has 0 amide bonds. The van der Waals surface area contributed by atoms with Gasteiger partial charge in [-0.2, -0.15) is 0 Å². The van der Waals surface area contributed by atoms with Crippen LogP contribution in [0.4, 0.5) is 0 Å². The Bertz CT molecular complexity index is 848. The van der Waals surface area contributed by atoms with Crippen molar-refractivity contribution in [2.45, 2.75) is 6.42 Å². The van der Waals surface area contributed by atoms with E-state index in [0.29, 0.717) is 11.1 Å². The van der Waals surface area contributed by atoms with Crippen molar-refractivity contribution in [2.24, 2.45) is 0 Å². The van der Waals surface area contributed by atoms with Gasteiger partial charge in [-0.05, 0) is 16.7 Å². The van der Waals surface area contributed by atoms with Crippen LogP contribution in [0.2, 0.25) is 0 Å². The van der Waals surface area contributed by atoms with Crippen LogP contribution in [0.25, 0.3) is 11.1 Å². The second-order valence-corrected chi connectivity index (χ2v) is 5.54. The molecule has 3 rings (SSSR count). The fourth-order valence-corrected chi connectivity index (χ4v) is 2.56. The van der Waals surface area contributed by atoms with E-state index in [1.807, 2.05) is 66.7 Å². The number of ketones is 1. The van der Waals surface area contributed by atoms with Crippen LogP contribution in [0.5, 0.6) is 0 Å². The minimum atomic E-state index is -0.841. The molecule has 0 aromatic heterocycles. The highest BCUT2D eigenvalue weighted by Crippen LogP contribution is 2.21. The number of carbonyl (C=O) groups is 2. The molecule has 0 atom stereocenters. The zero-order valence-electron chi connectivity index (χ0n) is 13.0. The summed E-state index contributed by atoms with van der Waals surface area (Å²) in [4.78, 5) is 23.1. The van der Waals surface area contributed by atoms with Crippen LogP contribution in [0, 0.1) is 0 Å². The Labute approximate surface area is 140 Å². The molecule has 0 radical (unpaired) electrons. The van der Waals surface area contributed by atoms with E-state index in [4.69, 9.17) is 5.11 Å². The summed E-state index contributed by atoms with van der Waals surface area (Å²) < 4.78 is 0. The first-order valence-electron chi connectivity index (χ1n) is 7.64. The Hall–Kier alpha value is -3.20. The zero-order chi connectivity index (χ0) is 16.9. The van der Waals surface area contributed by atoms with Gasteiger partial charge in [-0.1, -0.05) is 78.9 Å². The molecule has 0 heterocycles. The fraction of sp³-hybridized carbons (Fsp3) is 0.0476. The molecular weight excluding hydrogens is 300 g/mol. The maximum absolute atomic E-state index is 12.4. The molecule has 0 aliphatic heterocycles. The molecule has 0 saturated heterocycles. The molecule has 0 aliphatic rings. The van der Waals surface area contributed by atoms with Gasteiger partial charge in [-0.25, -0.2) is 0 Å². The third-order valence-electron chi connectivity index (χ3n) is 3.83. The second kappa shape index (κ2) is 6.92. The molecule has 3 aromatic carbocycles. The summed E-state index contributed by atoms with van der Waals surface area (Å²) in [6, 6.07) is 24.0. The molecule has 24 heavy (non-hydrogen) atoms. The number of hydrogen-bond donors (Lipinski definition) is 1. The monoisotopic (exact) mass is 316 g/mol. The molecule has 0 bridgehead atoms. The highest BCUT2D eigenvalue weighted by atomic mass is 16.4. The van der Waals surface area contributed by atoms with Crippen molar-refractivity contribution in [2.75, 3.05) is 0 Å². The lowest BCUT2D eigenvalue weighted by Crippen LogP contribution is -2.00. The first-order chi connectivity index (χ1) is 11.6. The number of aliphatic carboxylic acids is 1. The number of carboxylic acids is 1. The lowest BCUT2D eigenvalue weighted by Gasteiger charge is -2.05. The van der Waals surface area contributed by atoms with E-state index < -0.39 is 5.97 Å². The second-order valence-electron chi connectivity index (χ2n) is 5.54. The Kier molecular flexibility index (Phi) is 4.52. The van der Waals surface area contributed by atoms with Crippen molar-refractivity contribution in [3.05, 3.63) is 95.6 Å². The molecule has 0 saturated carbocycles. The summed E-state index contributed by atoms with van der Waals surface area (Å²) in [7, 11) is 0. The molecule has 3 aromatic rings. The number of rotatable bonds is 5. The van der Waals surface area contributed by atoms with E-state index in [1.165, 1.54) is 0 Å². The van der Waals surface area contributed by atoms with Crippen LogP contribution in [0.1, 0.15) is 21.5 Å². The van der Waals surface area contributed by atoms with Crippen molar-refractivity contribution in [1.82, 2.24) is 0 Å². The van der Waals surface area contributed by atoms with Gasteiger partial charge in [-0.3, -0.25) is 9.59 Å². The summed E-state index contributed by atoms with van der Waals surface area (Å²) in [6.07, 6.45) is 0.0186. The lowest BCUT2D eigenvalue weighted by atomic mass is 9.98. The standard InChI is InChI=1S/C21H16O3/c22-20(23)14-15-6-8-16(9-7-15)17-10-12-19(13-11-17)21(24)18-4-2-1-3-5-18/h1-13H,14H2,(H,22,23). The molecule has 3 nitrogen and oxygen atoms in total. The Morgan fingerprint density at radius 3 is 1.71 bits per heavy atom. The highest BCUT2D eigenvalue weighted by Gasteiger charge is 2.08. The fourth-order valence-electron chi connectivity index (χ4n) is 2.56. The topological polar surface area (TPSA) is 54.4 Å². The van der Waals surface area contributed by atoms with Crippen molar-refractivity contribution < 1.29 is 14.7 Å². The van der Waals surface area contributed by atoms with E-state index in [9.17, 15) is 9.59 Å². The number of hydrogen-bond acceptors (Lipinski definition) is 2. The van der Waals surface area contributed by atoms with Gasteiger partial charge < -0.3 is 5.11 Å². The van der Waals surface area contributed by atoms with Crippen LogP contribution in [-0.2, 0) is 11.2 Å². The summed E-state index contributed by atoms with van der Waals surface area (Å²) in [5.74, 6) is -0.842. The van der Waals surface area contributed by atoms with Crippen LogP contribution in [0.3, 0.4) is 0 Å². The van der Waals surface area contributed by atoms with Crippen molar-refractivity contribution in [3.8, 4) is 11.1 Å². The minimum Gasteiger partial charge on any atom is -0.481 e. The first-order valence-corrected chi connectivity index (χ1v) is 7.64. The van der Waals surface area contributed by atoms with Crippen LogP contribution in [-0.4, -0.2) is 16.9 Å². The van der Waals surface area contributed by atoms with Crippen molar-refractivity contribution in [1.29, 1.82) is 0 Å². The average Bonchev–Trinajstić information content (AvgIpc) is 2.62. The van der Waals surface area contributed by atoms with Gasteiger partial charge in [-0.15, -0.1) is 0 Å². The normalized spacial score (nSPS) is 10.3. The van der Waals surface area contributed by atoms with Crippen LogP contribution in [0.15, 0.2) is 78.9 Å². The van der Waals surface area contributed by atoms with Gasteiger partial charge in [0.1, 0.15) is 0 Å². The molecule has 118 valence electrons. The molecule has 0 spiro atoms. The Balaban J connectivity index is 1.79. The number of benzene rings is 3. The SMILES string of the molecule is O=C(O)Cc1ccc(-c2ccc(C(=O)c3ccccc3)cc2)cc1. The van der Waals surface area contributed by atoms with E-state index >= 15 is 0 Å². The molecule has 0 unspecified atom stereocenters. The van der Waals surface area contributed by atoms with Gasteiger partial charge in [0.15, 0.2) is 5.78 Å². The van der Waals surface area contributed by atoms with E-state index in [1.54, 1.807) is 12.1 Å². The predicted octanol–water partition coefficient (Wildman–Crippen LogP) is 4.21. The zero-order valence-corrected chi connectivity index (χ0v) is 13.0.